The zero-order valence-electron chi connectivity index (χ0n) is 33.2. The molecule has 1 radical (unpaired) electrons. The van der Waals surface area contributed by atoms with Crippen LogP contribution in [0.3, 0.4) is 0 Å². The molecule has 4 heterocycles. The van der Waals surface area contributed by atoms with Crippen molar-refractivity contribution in [1.82, 2.24) is 19.5 Å². The summed E-state index contributed by atoms with van der Waals surface area (Å²) in [7, 11) is 0. The van der Waals surface area contributed by atoms with Crippen LogP contribution in [-0.2, 0) is 33.0 Å². The second-order valence-corrected chi connectivity index (χ2v) is 26.0. The van der Waals surface area contributed by atoms with Gasteiger partial charge in [-0.2, -0.15) is 11.3 Å². The van der Waals surface area contributed by atoms with Crippen LogP contribution in [0.4, 0.5) is 0 Å². The van der Waals surface area contributed by atoms with Crippen molar-refractivity contribution < 1.29 is 22.8 Å². The van der Waals surface area contributed by atoms with Gasteiger partial charge in [-0.05, 0) is 33.8 Å². The Hall–Kier alpha value is -4.72. The molecule has 5 aromatic carbocycles. The van der Waals surface area contributed by atoms with Gasteiger partial charge < -0.3 is 4.57 Å². The van der Waals surface area contributed by atoms with Crippen LogP contribution in [0, 0.1) is 12.1 Å². The van der Waals surface area contributed by atoms with Crippen LogP contribution in [0.1, 0.15) is 32.3 Å². The fourth-order valence-electron chi connectivity index (χ4n) is 6.87. The van der Waals surface area contributed by atoms with Crippen LogP contribution in [0.25, 0.3) is 54.0 Å². The van der Waals surface area contributed by atoms with E-state index in [0.717, 1.165) is 60.6 Å². The Morgan fingerprint density at radius 1 is 0.782 bits per heavy atom. The van der Waals surface area contributed by atoms with E-state index < -0.39 is 19.6 Å². The van der Waals surface area contributed by atoms with Gasteiger partial charge in [-0.1, -0.05) is 59.5 Å². The monoisotopic (exact) mass is 975 g/mol. The first kappa shape index (κ1) is 36.0. The third-order valence-corrected chi connectivity index (χ3v) is 15.0. The molecule has 0 fully saturated rings. The van der Waals surface area contributed by atoms with Crippen LogP contribution in [0.5, 0.6) is 0 Å². The number of hydrogen-bond acceptors (Lipinski definition) is 4. The smallest absolute Gasteiger partial charge is 0.113 e. The molecule has 0 aliphatic carbocycles. The molecule has 0 saturated carbocycles. The Labute approximate surface area is 346 Å². The number of pyridine rings is 2. The first-order valence-corrected chi connectivity index (χ1v) is 26.5. The minimum atomic E-state index is -2.32. The van der Waals surface area contributed by atoms with Gasteiger partial charge in [-0.3, -0.25) is 4.98 Å². The average Bonchev–Trinajstić information content (AvgIpc) is 3.80. The van der Waals surface area contributed by atoms with Gasteiger partial charge in [-0.15, -0.1) is 18.2 Å². The zero-order valence-corrected chi connectivity index (χ0v) is 36.6. The number of imidazole rings is 1. The van der Waals surface area contributed by atoms with Crippen molar-refractivity contribution in [3.05, 3.63) is 181 Å². The van der Waals surface area contributed by atoms with Crippen molar-refractivity contribution in [3.63, 3.8) is 0 Å². The maximum atomic E-state index is 9.05. The van der Waals surface area contributed by atoms with Gasteiger partial charge in [0.2, 0.25) is 0 Å². The number of benzene rings is 5. The van der Waals surface area contributed by atoms with E-state index in [2.05, 4.69) is 105 Å². The fraction of sp³-hybridized carbons (Fsp3) is 0.146. The Morgan fingerprint density at radius 3 is 2.29 bits per heavy atom. The minimum Gasteiger partial charge on any atom is -0.360 e. The summed E-state index contributed by atoms with van der Waals surface area (Å²) in [5, 5.41) is 2.40. The molecule has 0 spiro atoms. The predicted octanol–water partition coefficient (Wildman–Crippen LogP) is 11.8. The molecular weight excluding hydrogens is 929 g/mol. The summed E-state index contributed by atoms with van der Waals surface area (Å²) in [6.45, 7) is 2.74. The van der Waals surface area contributed by atoms with Crippen LogP contribution >= 0.6 is 11.3 Å². The molecule has 0 aliphatic heterocycles. The Balaban J connectivity index is 0.000000172. The SMILES string of the molecule is [2H]C([2H])(c1cc(-c2[c-]cccc2)nc[c]1[Ge]([CH3])([CH3])[CH3])C(C)c1ccccc1.[Ir].[c-]1ccc2c(sc3ncccc32)c1-c1nc2ccccc2n1Cc1ccccc1. The van der Waals surface area contributed by atoms with E-state index in [1.165, 1.54) is 21.0 Å². The second-order valence-electron chi connectivity index (χ2n) is 14.5. The second kappa shape index (κ2) is 17.0. The van der Waals surface area contributed by atoms with Gasteiger partial charge in [0, 0.05) is 32.8 Å². The molecule has 0 N–H and O–H groups in total. The van der Waals surface area contributed by atoms with E-state index >= 15 is 0 Å². The standard InChI is InChI=1S/C25H16N3S.C23H26GeN.Ir/c1-2-8-17(9-3-1)16-28-22-14-5-4-13-21(22)27-24(28)20-11-6-10-18-19-12-7-15-26-25(19)29-23(18)20;1-18(19-11-7-5-8-12-19)15-21-16-23(20-13-9-6-10-14-20)25-17-22(21)24(2,3)4;/h1-10,12-15H,16H2;5-13,16-18H,15H2,1-4H3;/q2*-1;/i;15D2;. The average molecular weight is 974 g/mol. The normalized spacial score (nSPS) is 12.7. The van der Waals surface area contributed by atoms with Crippen molar-refractivity contribution in [2.45, 2.75) is 43.0 Å². The maximum absolute atomic E-state index is 9.05. The van der Waals surface area contributed by atoms with Crippen molar-refractivity contribution in [3.8, 4) is 22.6 Å². The summed E-state index contributed by atoms with van der Waals surface area (Å²) < 4.78 is 22.7. The first-order valence-electron chi connectivity index (χ1n) is 19.3. The number of para-hydroxylation sites is 2. The number of nitrogens with zero attached hydrogens (tertiary/aromatic N) is 4. The van der Waals surface area contributed by atoms with Crippen LogP contribution < -0.4 is 4.40 Å². The minimum absolute atomic E-state index is 0. The third kappa shape index (κ3) is 8.44. The summed E-state index contributed by atoms with van der Waals surface area (Å²) in [5.41, 5.74) is 7.91. The molecule has 9 rings (SSSR count). The fourth-order valence-corrected chi connectivity index (χ4v) is 10.9. The molecule has 1 atom stereocenters. The van der Waals surface area contributed by atoms with E-state index in [1.807, 2.05) is 98.2 Å². The van der Waals surface area contributed by atoms with Crippen molar-refractivity contribution in [2.24, 2.45) is 0 Å². The third-order valence-electron chi connectivity index (χ3n) is 9.64. The number of fused-ring (bicyclic) bond motifs is 4. The van der Waals surface area contributed by atoms with Crippen molar-refractivity contribution in [1.29, 1.82) is 0 Å². The Morgan fingerprint density at radius 2 is 1.53 bits per heavy atom. The van der Waals surface area contributed by atoms with Crippen LogP contribution in [0.2, 0.25) is 17.3 Å². The Kier molecular flexibility index (Phi) is 11.1. The quantitative estimate of drug-likeness (QED) is 0.113. The molecule has 0 bridgehead atoms. The van der Waals surface area contributed by atoms with E-state index in [0.29, 0.717) is 0 Å². The molecule has 275 valence electrons. The summed E-state index contributed by atoms with van der Waals surface area (Å²) in [4.78, 5) is 15.3. The van der Waals surface area contributed by atoms with Crippen LogP contribution in [0.15, 0.2) is 152 Å². The molecule has 0 aliphatic rings. The van der Waals surface area contributed by atoms with Gasteiger partial charge >= 0.3 is 157 Å². The molecule has 55 heavy (non-hydrogen) atoms. The van der Waals surface area contributed by atoms with Gasteiger partial charge in [-0.25, -0.2) is 4.98 Å². The van der Waals surface area contributed by atoms with Crippen molar-refractivity contribution >= 4 is 60.3 Å². The van der Waals surface area contributed by atoms with Crippen molar-refractivity contribution in [2.75, 3.05) is 0 Å². The van der Waals surface area contributed by atoms with Gasteiger partial charge in [0.05, 0.1) is 16.9 Å². The topological polar surface area (TPSA) is 43.6 Å². The first-order chi connectivity index (χ1) is 27.1. The number of rotatable bonds is 8. The molecule has 1 unspecified atom stereocenters. The molecule has 0 amide bonds. The molecular formula is C48H42GeIrN4S-2. The van der Waals surface area contributed by atoms with E-state index in [9.17, 15) is 0 Å². The summed E-state index contributed by atoms with van der Waals surface area (Å²) in [6, 6.07) is 53.4. The van der Waals surface area contributed by atoms with Gasteiger partial charge in [0.25, 0.3) is 0 Å². The number of aromatic nitrogens is 4. The van der Waals surface area contributed by atoms with Gasteiger partial charge in [0.1, 0.15) is 4.83 Å². The molecule has 7 heteroatoms. The van der Waals surface area contributed by atoms with E-state index in [-0.39, 0.29) is 26.0 Å². The largest absolute Gasteiger partial charge is 0.360 e. The predicted molar refractivity (Wildman–Crippen MR) is 230 cm³/mol. The summed E-state index contributed by atoms with van der Waals surface area (Å²) in [5.74, 6) is 7.57. The number of hydrogen-bond donors (Lipinski definition) is 0. The maximum Gasteiger partial charge on any atom is 0.113 e. The zero-order chi connectivity index (χ0) is 38.9. The molecule has 9 aromatic rings. The molecule has 4 aromatic heterocycles. The molecule has 0 saturated heterocycles. The summed E-state index contributed by atoms with van der Waals surface area (Å²) >= 11 is -0.607. The van der Waals surface area contributed by atoms with E-state index in [1.54, 1.807) is 11.3 Å². The Bertz CT molecular complexity index is 2770. The molecule has 4 nitrogen and oxygen atoms in total. The summed E-state index contributed by atoms with van der Waals surface area (Å²) in [6.07, 6.45) is 2.29. The van der Waals surface area contributed by atoms with E-state index in [4.69, 9.17) is 7.73 Å². The van der Waals surface area contributed by atoms with Crippen LogP contribution in [-0.4, -0.2) is 32.8 Å². The van der Waals surface area contributed by atoms with Gasteiger partial charge in [0.15, 0.2) is 0 Å². The number of thiophene rings is 1.